The molecule has 0 saturated heterocycles. The van der Waals surface area contributed by atoms with Crippen LogP contribution in [0.2, 0.25) is 0 Å². The summed E-state index contributed by atoms with van der Waals surface area (Å²) < 4.78 is 10.8. The van der Waals surface area contributed by atoms with Crippen LogP contribution in [0.5, 0.6) is 5.75 Å². The number of benzene rings is 2. The number of nitrogens with zero attached hydrogens (tertiary/aromatic N) is 1. The molecule has 27 heavy (non-hydrogen) atoms. The van der Waals surface area contributed by atoms with E-state index in [0.717, 1.165) is 16.2 Å². The lowest BCUT2D eigenvalue weighted by atomic mass is 10.1. The third-order valence-corrected chi connectivity index (χ3v) is 5.01. The number of rotatable bonds is 5. The number of hydrogen-bond donors (Lipinski definition) is 1. The third-order valence-electron chi connectivity index (χ3n) is 3.99. The van der Waals surface area contributed by atoms with Gasteiger partial charge in [0.15, 0.2) is 10.9 Å². The smallest absolute Gasteiger partial charge is 0.257 e. The Morgan fingerprint density at radius 1 is 1.04 bits per heavy atom. The first kappa shape index (κ1) is 17.1. The van der Waals surface area contributed by atoms with E-state index in [2.05, 4.69) is 10.3 Å². The lowest BCUT2D eigenvalue weighted by molar-refractivity contribution is 0.102. The maximum absolute atomic E-state index is 12.5. The number of aromatic nitrogens is 1. The normalized spacial score (nSPS) is 10.6. The van der Waals surface area contributed by atoms with Gasteiger partial charge in [-0.1, -0.05) is 29.5 Å². The monoisotopic (exact) mass is 376 g/mol. The number of thiazole rings is 1. The van der Waals surface area contributed by atoms with Gasteiger partial charge >= 0.3 is 0 Å². The number of anilines is 1. The van der Waals surface area contributed by atoms with Gasteiger partial charge in [-0.15, -0.1) is 0 Å². The van der Waals surface area contributed by atoms with E-state index in [-0.39, 0.29) is 5.91 Å². The number of carbonyl (C=O) groups is 1. The topological polar surface area (TPSA) is 64.4 Å². The van der Waals surface area contributed by atoms with Crippen LogP contribution in [0.4, 0.5) is 5.13 Å². The minimum atomic E-state index is -0.198. The number of nitrogens with one attached hydrogen (secondary N) is 1. The van der Waals surface area contributed by atoms with Crippen molar-refractivity contribution in [1.82, 2.24) is 4.98 Å². The Kier molecular flexibility index (Phi) is 4.72. The molecule has 0 radical (unpaired) electrons. The summed E-state index contributed by atoms with van der Waals surface area (Å²) in [4.78, 5) is 18.0. The molecule has 0 aliphatic heterocycles. The van der Waals surface area contributed by atoms with Crippen molar-refractivity contribution in [2.45, 2.75) is 0 Å². The lowest BCUT2D eigenvalue weighted by Gasteiger charge is -2.02. The highest BCUT2D eigenvalue weighted by Gasteiger charge is 2.18. The minimum Gasteiger partial charge on any atom is -0.497 e. The summed E-state index contributed by atoms with van der Waals surface area (Å²) >= 11 is 1.40. The van der Waals surface area contributed by atoms with Crippen molar-refractivity contribution in [2.24, 2.45) is 0 Å². The second kappa shape index (κ2) is 7.47. The molecule has 1 N–H and O–H groups in total. The fraction of sp³-hybridized carbons (Fsp3) is 0.0476. The SMILES string of the molecule is COc1ccc(-c2sc(NC(=O)c3ccccc3)nc2-c2ccco2)cc1. The zero-order chi connectivity index (χ0) is 18.6. The number of ether oxygens (including phenoxy) is 1. The Bertz CT molecular complexity index is 1040. The number of methoxy groups -OCH3 is 1. The van der Waals surface area contributed by atoms with Gasteiger partial charge in [0.2, 0.25) is 0 Å². The summed E-state index contributed by atoms with van der Waals surface area (Å²) in [7, 11) is 1.63. The van der Waals surface area contributed by atoms with Gasteiger partial charge in [-0.05, 0) is 54.1 Å². The number of carbonyl (C=O) groups excluding carboxylic acids is 1. The van der Waals surface area contributed by atoms with Gasteiger partial charge in [-0.2, -0.15) is 0 Å². The van der Waals surface area contributed by atoms with E-state index in [1.165, 1.54) is 11.3 Å². The van der Waals surface area contributed by atoms with Gasteiger partial charge in [-0.3, -0.25) is 10.1 Å². The van der Waals surface area contributed by atoms with Gasteiger partial charge in [0.1, 0.15) is 11.4 Å². The summed E-state index contributed by atoms with van der Waals surface area (Å²) in [5.41, 5.74) is 2.25. The van der Waals surface area contributed by atoms with E-state index in [4.69, 9.17) is 9.15 Å². The van der Waals surface area contributed by atoms with Crippen molar-refractivity contribution < 1.29 is 13.9 Å². The molecule has 0 aliphatic carbocycles. The Morgan fingerprint density at radius 3 is 2.48 bits per heavy atom. The summed E-state index contributed by atoms with van der Waals surface area (Å²) in [6, 6.07) is 20.4. The summed E-state index contributed by atoms with van der Waals surface area (Å²) in [5.74, 6) is 1.23. The molecule has 4 aromatic rings. The van der Waals surface area contributed by atoms with Crippen molar-refractivity contribution in [3.05, 3.63) is 78.6 Å². The molecule has 1 amide bonds. The highest BCUT2D eigenvalue weighted by atomic mass is 32.1. The molecule has 0 aliphatic rings. The summed E-state index contributed by atoms with van der Waals surface area (Å²) in [5, 5.41) is 3.39. The van der Waals surface area contributed by atoms with Crippen LogP contribution >= 0.6 is 11.3 Å². The lowest BCUT2D eigenvalue weighted by Crippen LogP contribution is -2.11. The fourth-order valence-electron chi connectivity index (χ4n) is 2.65. The van der Waals surface area contributed by atoms with Crippen molar-refractivity contribution in [1.29, 1.82) is 0 Å². The maximum atomic E-state index is 12.5. The van der Waals surface area contributed by atoms with E-state index < -0.39 is 0 Å². The molecule has 0 fully saturated rings. The third kappa shape index (κ3) is 3.61. The average Bonchev–Trinajstić information content (AvgIpc) is 3.38. The van der Waals surface area contributed by atoms with Crippen LogP contribution in [0.15, 0.2) is 77.4 Å². The van der Waals surface area contributed by atoms with Crippen LogP contribution in [-0.4, -0.2) is 18.0 Å². The van der Waals surface area contributed by atoms with E-state index in [1.807, 2.05) is 54.6 Å². The van der Waals surface area contributed by atoms with E-state index in [0.29, 0.717) is 22.1 Å². The van der Waals surface area contributed by atoms with Crippen LogP contribution in [0.1, 0.15) is 10.4 Å². The van der Waals surface area contributed by atoms with Crippen molar-refractivity contribution >= 4 is 22.4 Å². The minimum absolute atomic E-state index is 0.198. The van der Waals surface area contributed by atoms with Crippen LogP contribution in [0.25, 0.3) is 21.9 Å². The largest absolute Gasteiger partial charge is 0.497 e. The van der Waals surface area contributed by atoms with E-state index in [9.17, 15) is 4.79 Å². The fourth-order valence-corrected chi connectivity index (χ4v) is 3.62. The van der Waals surface area contributed by atoms with Crippen molar-refractivity contribution in [2.75, 3.05) is 12.4 Å². The van der Waals surface area contributed by atoms with Gasteiger partial charge in [0.05, 0.1) is 18.3 Å². The van der Waals surface area contributed by atoms with E-state index in [1.54, 1.807) is 25.5 Å². The molecule has 6 heteroatoms. The first-order chi connectivity index (χ1) is 13.2. The molecule has 5 nitrogen and oxygen atoms in total. The number of amides is 1. The highest BCUT2D eigenvalue weighted by molar-refractivity contribution is 7.19. The van der Waals surface area contributed by atoms with Crippen molar-refractivity contribution in [3.8, 4) is 27.6 Å². The Balaban J connectivity index is 1.70. The molecular formula is C21H16N2O3S. The molecule has 0 bridgehead atoms. The van der Waals surface area contributed by atoms with E-state index >= 15 is 0 Å². The molecule has 0 unspecified atom stereocenters. The van der Waals surface area contributed by atoms with Crippen molar-refractivity contribution in [3.63, 3.8) is 0 Å². The summed E-state index contributed by atoms with van der Waals surface area (Å²) in [6.45, 7) is 0. The Morgan fingerprint density at radius 2 is 1.81 bits per heavy atom. The summed E-state index contributed by atoms with van der Waals surface area (Å²) in [6.07, 6.45) is 1.61. The van der Waals surface area contributed by atoms with Crippen LogP contribution in [0.3, 0.4) is 0 Å². The standard InChI is InChI=1S/C21H16N2O3S/c1-25-16-11-9-14(10-12-16)19-18(17-8-5-13-26-17)22-21(27-19)23-20(24)15-6-3-2-4-7-15/h2-13H,1H3,(H,22,23,24). The molecule has 4 rings (SSSR count). The van der Waals surface area contributed by atoms with Gasteiger partial charge in [-0.25, -0.2) is 4.98 Å². The highest BCUT2D eigenvalue weighted by Crippen LogP contribution is 2.39. The van der Waals surface area contributed by atoms with Crippen LogP contribution < -0.4 is 10.1 Å². The van der Waals surface area contributed by atoms with Crippen LogP contribution in [-0.2, 0) is 0 Å². The second-order valence-corrected chi connectivity index (χ2v) is 6.72. The van der Waals surface area contributed by atoms with Gasteiger partial charge < -0.3 is 9.15 Å². The molecule has 0 atom stereocenters. The Hall–Kier alpha value is -3.38. The average molecular weight is 376 g/mol. The molecule has 2 aromatic carbocycles. The Labute approximate surface area is 160 Å². The van der Waals surface area contributed by atoms with Crippen LogP contribution in [0, 0.1) is 0 Å². The first-order valence-corrected chi connectivity index (χ1v) is 9.12. The molecule has 2 aromatic heterocycles. The first-order valence-electron chi connectivity index (χ1n) is 8.30. The van der Waals surface area contributed by atoms with Gasteiger partial charge in [0, 0.05) is 5.56 Å². The number of hydrogen-bond acceptors (Lipinski definition) is 5. The van der Waals surface area contributed by atoms with Gasteiger partial charge in [0.25, 0.3) is 5.91 Å². The second-order valence-electron chi connectivity index (χ2n) is 5.72. The zero-order valence-electron chi connectivity index (χ0n) is 14.5. The molecule has 2 heterocycles. The molecule has 0 saturated carbocycles. The molecular weight excluding hydrogens is 360 g/mol. The molecule has 134 valence electrons. The predicted octanol–water partition coefficient (Wildman–Crippen LogP) is 5.33. The number of furan rings is 1. The molecule has 0 spiro atoms. The quantitative estimate of drug-likeness (QED) is 0.511. The zero-order valence-corrected chi connectivity index (χ0v) is 15.3. The maximum Gasteiger partial charge on any atom is 0.257 e. The predicted molar refractivity (Wildman–Crippen MR) is 106 cm³/mol.